The molecule has 2 amide bonds. The summed E-state index contributed by atoms with van der Waals surface area (Å²) in [6.45, 7) is 2.44. The number of carbonyl (C=O) groups is 2. The number of rotatable bonds is 10. The summed E-state index contributed by atoms with van der Waals surface area (Å²) in [5, 5.41) is 2.76. The second kappa shape index (κ2) is 12.6. The lowest BCUT2D eigenvalue weighted by Crippen LogP contribution is -2.50. The average Bonchev–Trinajstić information content (AvgIpc) is 2.82. The molecule has 3 aromatic rings. The minimum absolute atomic E-state index is 0.0416. The van der Waals surface area contributed by atoms with Gasteiger partial charge in [-0.1, -0.05) is 88.2 Å². The molecule has 4 nitrogen and oxygen atoms in total. The number of benzene rings is 3. The Kier molecular flexibility index (Phi) is 9.58. The van der Waals surface area contributed by atoms with E-state index in [1.165, 1.54) is 11.1 Å². The Hall–Kier alpha value is -2.57. The van der Waals surface area contributed by atoms with Gasteiger partial charge in [-0.05, 0) is 35.7 Å². The van der Waals surface area contributed by atoms with Crippen LogP contribution < -0.4 is 5.32 Å². The van der Waals surface area contributed by atoms with Crippen molar-refractivity contribution in [2.45, 2.75) is 31.7 Å². The molecule has 0 unspecified atom stereocenters. The summed E-state index contributed by atoms with van der Waals surface area (Å²) in [5.74, 6) is 0.864. The van der Waals surface area contributed by atoms with E-state index in [1.807, 2.05) is 60.7 Å². The Labute approximate surface area is 208 Å². The van der Waals surface area contributed by atoms with Crippen LogP contribution in [0.4, 0.5) is 0 Å². The fraction of sp³-hybridized carbons (Fsp3) is 0.259. The van der Waals surface area contributed by atoms with E-state index in [9.17, 15) is 9.59 Å². The van der Waals surface area contributed by atoms with E-state index in [4.69, 9.17) is 0 Å². The number of halogens is 1. The third kappa shape index (κ3) is 7.76. The Balaban J connectivity index is 1.80. The van der Waals surface area contributed by atoms with Gasteiger partial charge in [0.1, 0.15) is 6.04 Å². The normalized spacial score (nSPS) is 11.6. The topological polar surface area (TPSA) is 49.4 Å². The van der Waals surface area contributed by atoms with Crippen molar-refractivity contribution in [1.82, 2.24) is 10.2 Å². The molecule has 0 bridgehead atoms. The molecule has 3 aromatic carbocycles. The molecule has 0 saturated carbocycles. The quantitative estimate of drug-likeness (QED) is 0.387. The van der Waals surface area contributed by atoms with Crippen LogP contribution >= 0.6 is 27.7 Å². The number of nitrogens with zero attached hydrogens (tertiary/aromatic N) is 1. The largest absolute Gasteiger partial charge is 0.357 e. The van der Waals surface area contributed by atoms with E-state index < -0.39 is 6.04 Å². The Morgan fingerprint density at radius 1 is 0.939 bits per heavy atom. The van der Waals surface area contributed by atoms with Crippen molar-refractivity contribution >= 4 is 39.5 Å². The molecule has 6 heteroatoms. The highest BCUT2D eigenvalue weighted by Crippen LogP contribution is 2.20. The Bertz CT molecular complexity index is 1060. The zero-order valence-corrected chi connectivity index (χ0v) is 21.4. The number of carbonyl (C=O) groups excluding carboxylic acids is 2. The van der Waals surface area contributed by atoms with Gasteiger partial charge in [-0.3, -0.25) is 9.59 Å². The predicted octanol–water partition coefficient (Wildman–Crippen LogP) is 5.38. The highest BCUT2D eigenvalue weighted by molar-refractivity contribution is 9.10. The van der Waals surface area contributed by atoms with Crippen molar-refractivity contribution in [3.8, 4) is 0 Å². The summed E-state index contributed by atoms with van der Waals surface area (Å²) < 4.78 is 0.977. The van der Waals surface area contributed by atoms with Crippen LogP contribution in [0.1, 0.15) is 22.3 Å². The molecule has 1 atom stereocenters. The van der Waals surface area contributed by atoms with E-state index in [-0.39, 0.29) is 11.8 Å². The lowest BCUT2D eigenvalue weighted by atomic mass is 10.0. The van der Waals surface area contributed by atoms with Gasteiger partial charge in [-0.15, -0.1) is 11.8 Å². The monoisotopic (exact) mass is 524 g/mol. The number of likely N-dealkylation sites (N-methyl/N-ethyl adjacent to an activating group) is 1. The summed E-state index contributed by atoms with van der Waals surface area (Å²) in [6.07, 6.45) is 0.464. The molecule has 1 N–H and O–H groups in total. The van der Waals surface area contributed by atoms with Gasteiger partial charge < -0.3 is 10.2 Å². The second-order valence-electron chi connectivity index (χ2n) is 7.95. The lowest BCUT2D eigenvalue weighted by Gasteiger charge is -2.31. The first-order chi connectivity index (χ1) is 16.0. The zero-order valence-electron chi connectivity index (χ0n) is 19.0. The molecule has 0 aromatic heterocycles. The SMILES string of the molecule is CNC(=O)[C@H](Cc1ccccc1)N(Cc1ccc(Br)cc1)C(=O)CSCc1cccc(C)c1. The fourth-order valence-electron chi connectivity index (χ4n) is 3.65. The fourth-order valence-corrected chi connectivity index (χ4v) is 4.77. The first-order valence-electron chi connectivity index (χ1n) is 10.9. The standard InChI is InChI=1S/C27H29BrN2O2S/c1-20-7-6-10-23(15-20)18-33-19-26(31)30(17-22-11-13-24(28)14-12-22)25(27(32)29-2)16-21-8-4-3-5-9-21/h3-15,25H,16-19H2,1-2H3,(H,29,32)/t25-/m0/s1. The number of thioether (sulfide) groups is 1. The molecular formula is C27H29BrN2O2S. The van der Waals surface area contributed by atoms with Crippen LogP contribution in [0.5, 0.6) is 0 Å². The van der Waals surface area contributed by atoms with Crippen molar-refractivity contribution < 1.29 is 9.59 Å². The van der Waals surface area contributed by atoms with Crippen LogP contribution in [0.3, 0.4) is 0 Å². The molecule has 0 aliphatic rings. The molecular weight excluding hydrogens is 496 g/mol. The minimum Gasteiger partial charge on any atom is -0.357 e. The lowest BCUT2D eigenvalue weighted by molar-refractivity contribution is -0.139. The van der Waals surface area contributed by atoms with E-state index in [0.717, 1.165) is 21.4 Å². The predicted molar refractivity (Wildman–Crippen MR) is 140 cm³/mol. The van der Waals surface area contributed by atoms with Gasteiger partial charge in [-0.25, -0.2) is 0 Å². The molecule has 0 radical (unpaired) electrons. The minimum atomic E-state index is -0.590. The van der Waals surface area contributed by atoms with Crippen molar-refractivity contribution in [3.05, 3.63) is 106 Å². The van der Waals surface area contributed by atoms with Crippen molar-refractivity contribution in [2.75, 3.05) is 12.8 Å². The second-order valence-corrected chi connectivity index (χ2v) is 9.85. The highest BCUT2D eigenvalue weighted by atomic mass is 79.9. The Morgan fingerprint density at radius 3 is 2.30 bits per heavy atom. The molecule has 0 aliphatic heterocycles. The first kappa shape index (κ1) is 25.1. The van der Waals surface area contributed by atoms with Gasteiger partial charge in [0.25, 0.3) is 0 Å². The zero-order chi connectivity index (χ0) is 23.6. The van der Waals surface area contributed by atoms with Crippen LogP contribution in [-0.4, -0.2) is 35.6 Å². The molecule has 33 heavy (non-hydrogen) atoms. The van der Waals surface area contributed by atoms with Gasteiger partial charge in [-0.2, -0.15) is 0 Å². The van der Waals surface area contributed by atoms with E-state index in [2.05, 4.69) is 46.4 Å². The van der Waals surface area contributed by atoms with Crippen molar-refractivity contribution in [2.24, 2.45) is 0 Å². The van der Waals surface area contributed by atoms with Gasteiger partial charge >= 0.3 is 0 Å². The Morgan fingerprint density at radius 2 is 1.64 bits per heavy atom. The maximum Gasteiger partial charge on any atom is 0.242 e. The van der Waals surface area contributed by atoms with Crippen LogP contribution in [0.15, 0.2) is 83.3 Å². The van der Waals surface area contributed by atoms with Crippen LogP contribution in [0.25, 0.3) is 0 Å². The smallest absolute Gasteiger partial charge is 0.242 e. The summed E-state index contributed by atoms with van der Waals surface area (Å²) >= 11 is 5.04. The van der Waals surface area contributed by atoms with E-state index in [1.54, 1.807) is 23.7 Å². The van der Waals surface area contributed by atoms with Crippen LogP contribution in [-0.2, 0) is 28.3 Å². The van der Waals surface area contributed by atoms with Crippen molar-refractivity contribution in [3.63, 3.8) is 0 Å². The van der Waals surface area contributed by atoms with Crippen molar-refractivity contribution in [1.29, 1.82) is 0 Å². The number of aryl methyl sites for hydroxylation is 1. The van der Waals surface area contributed by atoms with Gasteiger partial charge in [0.15, 0.2) is 0 Å². The summed E-state index contributed by atoms with van der Waals surface area (Å²) in [7, 11) is 1.62. The number of amides is 2. The van der Waals surface area contributed by atoms with E-state index >= 15 is 0 Å². The number of hydrogen-bond acceptors (Lipinski definition) is 3. The number of hydrogen-bond donors (Lipinski definition) is 1. The summed E-state index contributed by atoms with van der Waals surface area (Å²) in [6, 6.07) is 25.4. The third-order valence-corrected chi connectivity index (χ3v) is 6.88. The molecule has 0 saturated heterocycles. The highest BCUT2D eigenvalue weighted by Gasteiger charge is 2.29. The first-order valence-corrected chi connectivity index (χ1v) is 12.8. The summed E-state index contributed by atoms with van der Waals surface area (Å²) in [5.41, 5.74) is 4.41. The van der Waals surface area contributed by atoms with Gasteiger partial charge in [0.05, 0.1) is 5.75 Å². The van der Waals surface area contributed by atoms with Gasteiger partial charge in [0, 0.05) is 30.2 Å². The molecule has 172 valence electrons. The molecule has 0 heterocycles. The van der Waals surface area contributed by atoms with Crippen LogP contribution in [0.2, 0.25) is 0 Å². The summed E-state index contributed by atoms with van der Waals surface area (Å²) in [4.78, 5) is 28.1. The third-order valence-electron chi connectivity index (χ3n) is 5.36. The van der Waals surface area contributed by atoms with Crippen LogP contribution in [0, 0.1) is 6.92 Å². The maximum absolute atomic E-state index is 13.4. The van der Waals surface area contributed by atoms with Gasteiger partial charge in [0.2, 0.25) is 11.8 Å². The van der Waals surface area contributed by atoms with E-state index in [0.29, 0.717) is 18.7 Å². The molecule has 0 aliphatic carbocycles. The maximum atomic E-state index is 13.4. The molecule has 0 spiro atoms. The molecule has 3 rings (SSSR count). The number of nitrogens with one attached hydrogen (secondary N) is 1. The average molecular weight is 526 g/mol. The molecule has 0 fully saturated rings.